The molecular weight excluding hydrogens is 300 g/mol. The zero-order chi connectivity index (χ0) is 14.7. The van der Waals surface area contributed by atoms with E-state index in [1.165, 1.54) is 0 Å². The molecule has 5 heteroatoms. The van der Waals surface area contributed by atoms with Crippen molar-refractivity contribution in [1.29, 1.82) is 0 Å². The van der Waals surface area contributed by atoms with Crippen LogP contribution < -0.4 is 0 Å². The Labute approximate surface area is 131 Å². The highest BCUT2D eigenvalue weighted by Crippen LogP contribution is 2.22. The van der Waals surface area contributed by atoms with Crippen molar-refractivity contribution in [3.05, 3.63) is 57.7 Å². The molecule has 0 spiro atoms. The van der Waals surface area contributed by atoms with Crippen LogP contribution in [-0.4, -0.2) is 22.8 Å². The Bertz CT molecular complexity index is 742. The molecule has 0 saturated carbocycles. The van der Waals surface area contributed by atoms with Crippen molar-refractivity contribution in [3.63, 3.8) is 0 Å². The minimum absolute atomic E-state index is 0.0114. The number of fused-ring (bicyclic) bond motifs is 1. The number of carbonyl (C=O) groups excluding carboxylic acids is 1. The van der Waals surface area contributed by atoms with E-state index in [0.717, 1.165) is 20.1 Å². The summed E-state index contributed by atoms with van der Waals surface area (Å²) in [6, 6.07) is 12.0. The molecule has 1 aromatic carbocycles. The summed E-state index contributed by atoms with van der Waals surface area (Å²) in [5, 5.41) is 2.95. The van der Waals surface area contributed by atoms with E-state index in [2.05, 4.69) is 11.1 Å². The second-order valence-electron chi connectivity index (χ2n) is 4.62. The van der Waals surface area contributed by atoms with Crippen LogP contribution in [0.25, 0.3) is 16.3 Å². The molecule has 0 atom stereocenters. The Morgan fingerprint density at radius 1 is 1.29 bits per heavy atom. The first-order valence-corrected chi connectivity index (χ1v) is 8.23. The van der Waals surface area contributed by atoms with Crippen molar-refractivity contribution in [1.82, 2.24) is 9.88 Å². The Balaban J connectivity index is 1.67. The molecular formula is C16H14N2OS2. The lowest BCUT2D eigenvalue weighted by molar-refractivity contribution is -0.125. The van der Waals surface area contributed by atoms with Crippen LogP contribution >= 0.6 is 22.7 Å². The van der Waals surface area contributed by atoms with Gasteiger partial charge < -0.3 is 4.90 Å². The second kappa shape index (κ2) is 6.20. The molecule has 3 aromatic rings. The van der Waals surface area contributed by atoms with Crippen LogP contribution in [0.2, 0.25) is 0 Å². The van der Waals surface area contributed by atoms with Gasteiger partial charge in [-0.15, -0.1) is 22.7 Å². The van der Waals surface area contributed by atoms with E-state index in [9.17, 15) is 4.79 Å². The third-order valence-corrected chi connectivity index (χ3v) is 4.88. The zero-order valence-corrected chi connectivity index (χ0v) is 13.2. The van der Waals surface area contributed by atoms with Gasteiger partial charge in [-0.3, -0.25) is 4.79 Å². The van der Waals surface area contributed by atoms with Crippen LogP contribution in [0.15, 0.2) is 47.9 Å². The highest BCUT2D eigenvalue weighted by Gasteiger charge is 2.09. The first-order chi connectivity index (χ1) is 10.2. The molecule has 0 unspecified atom stereocenters. The number of likely N-dealkylation sites (N-methyl/N-ethyl adjacent to an activating group) is 1. The Hall–Kier alpha value is -1.98. The molecule has 3 nitrogen and oxygen atoms in total. The van der Waals surface area contributed by atoms with Crippen molar-refractivity contribution >= 4 is 44.9 Å². The molecule has 0 N–H and O–H groups in total. The maximum atomic E-state index is 12.1. The lowest BCUT2D eigenvalue weighted by atomic mass is 10.3. The maximum absolute atomic E-state index is 12.1. The predicted molar refractivity (Wildman–Crippen MR) is 89.4 cm³/mol. The molecule has 0 aliphatic rings. The standard InChI is InChI=1S/C16H14N2OS2/c1-18(16(19)9-8-12-5-4-10-20-12)11-15-17-13-6-2-3-7-14(13)21-15/h2-10H,11H2,1H3. The zero-order valence-electron chi connectivity index (χ0n) is 11.5. The van der Waals surface area contributed by atoms with E-state index in [1.54, 1.807) is 40.7 Å². The largest absolute Gasteiger partial charge is 0.335 e. The molecule has 0 aliphatic heterocycles. The van der Waals surface area contributed by atoms with E-state index in [4.69, 9.17) is 0 Å². The number of hydrogen-bond acceptors (Lipinski definition) is 4. The number of aromatic nitrogens is 1. The van der Waals surface area contributed by atoms with Gasteiger partial charge in [0, 0.05) is 18.0 Å². The van der Waals surface area contributed by atoms with Gasteiger partial charge >= 0.3 is 0 Å². The number of thiophene rings is 1. The van der Waals surface area contributed by atoms with Crippen molar-refractivity contribution in [2.24, 2.45) is 0 Å². The number of nitrogens with zero attached hydrogens (tertiary/aromatic N) is 2. The Morgan fingerprint density at radius 2 is 2.14 bits per heavy atom. The van der Waals surface area contributed by atoms with Gasteiger partial charge in [0.25, 0.3) is 0 Å². The summed E-state index contributed by atoms with van der Waals surface area (Å²) < 4.78 is 1.16. The number of thiazole rings is 1. The molecule has 2 aromatic heterocycles. The van der Waals surface area contributed by atoms with Gasteiger partial charge in [-0.1, -0.05) is 18.2 Å². The maximum Gasteiger partial charge on any atom is 0.246 e. The Morgan fingerprint density at radius 3 is 2.90 bits per heavy atom. The Kier molecular flexibility index (Phi) is 4.13. The van der Waals surface area contributed by atoms with Crippen LogP contribution in [0.1, 0.15) is 9.88 Å². The molecule has 0 saturated heterocycles. The number of rotatable bonds is 4. The smallest absolute Gasteiger partial charge is 0.246 e. The van der Waals surface area contributed by atoms with E-state index in [0.29, 0.717) is 6.54 Å². The number of para-hydroxylation sites is 1. The van der Waals surface area contributed by atoms with Crippen LogP contribution in [0.4, 0.5) is 0 Å². The SMILES string of the molecule is CN(Cc1nc2ccccc2s1)C(=O)C=Cc1cccs1. The summed E-state index contributed by atoms with van der Waals surface area (Å²) in [6.45, 7) is 0.535. The summed E-state index contributed by atoms with van der Waals surface area (Å²) in [6.07, 6.45) is 3.46. The normalized spacial score (nSPS) is 11.3. The fourth-order valence-electron chi connectivity index (χ4n) is 1.94. The van der Waals surface area contributed by atoms with Crippen molar-refractivity contribution in [2.45, 2.75) is 6.54 Å². The predicted octanol–water partition coefficient (Wildman–Crippen LogP) is 4.03. The van der Waals surface area contributed by atoms with E-state index < -0.39 is 0 Å². The molecule has 106 valence electrons. The average molecular weight is 314 g/mol. The summed E-state index contributed by atoms with van der Waals surface area (Å²) in [5.74, 6) is -0.0114. The van der Waals surface area contributed by atoms with Gasteiger partial charge in [0.2, 0.25) is 5.91 Å². The van der Waals surface area contributed by atoms with Gasteiger partial charge in [-0.2, -0.15) is 0 Å². The van der Waals surface area contributed by atoms with E-state index in [-0.39, 0.29) is 5.91 Å². The fraction of sp³-hybridized carbons (Fsp3) is 0.125. The van der Waals surface area contributed by atoms with Gasteiger partial charge in [0.15, 0.2) is 0 Å². The molecule has 0 radical (unpaired) electrons. The molecule has 0 fully saturated rings. The quantitative estimate of drug-likeness (QED) is 0.681. The summed E-state index contributed by atoms with van der Waals surface area (Å²) >= 11 is 3.25. The minimum atomic E-state index is -0.0114. The molecule has 3 rings (SSSR count). The highest BCUT2D eigenvalue weighted by molar-refractivity contribution is 7.18. The summed E-state index contributed by atoms with van der Waals surface area (Å²) in [4.78, 5) is 19.4. The highest BCUT2D eigenvalue weighted by atomic mass is 32.1. The topological polar surface area (TPSA) is 33.2 Å². The van der Waals surface area contributed by atoms with Crippen LogP contribution in [-0.2, 0) is 11.3 Å². The molecule has 0 bridgehead atoms. The molecule has 21 heavy (non-hydrogen) atoms. The van der Waals surface area contributed by atoms with Crippen LogP contribution in [0, 0.1) is 0 Å². The first-order valence-electron chi connectivity index (χ1n) is 6.53. The summed E-state index contributed by atoms with van der Waals surface area (Å²) in [5.41, 5.74) is 0.993. The van der Waals surface area contributed by atoms with E-state index >= 15 is 0 Å². The number of hydrogen-bond donors (Lipinski definition) is 0. The number of benzene rings is 1. The van der Waals surface area contributed by atoms with Gasteiger partial charge in [0.1, 0.15) is 5.01 Å². The fourth-order valence-corrected chi connectivity index (χ4v) is 3.57. The molecule has 1 amide bonds. The number of carbonyl (C=O) groups is 1. The minimum Gasteiger partial charge on any atom is -0.335 e. The average Bonchev–Trinajstić information content (AvgIpc) is 3.13. The monoisotopic (exact) mass is 314 g/mol. The lowest BCUT2D eigenvalue weighted by Crippen LogP contribution is -2.23. The van der Waals surface area contributed by atoms with Crippen molar-refractivity contribution in [2.75, 3.05) is 7.05 Å². The third-order valence-electron chi connectivity index (χ3n) is 3.02. The second-order valence-corrected chi connectivity index (χ2v) is 6.71. The van der Waals surface area contributed by atoms with Gasteiger partial charge in [-0.05, 0) is 29.7 Å². The lowest BCUT2D eigenvalue weighted by Gasteiger charge is -2.12. The van der Waals surface area contributed by atoms with Gasteiger partial charge in [-0.25, -0.2) is 4.98 Å². The van der Waals surface area contributed by atoms with Crippen LogP contribution in [0.5, 0.6) is 0 Å². The third kappa shape index (κ3) is 3.37. The van der Waals surface area contributed by atoms with Crippen LogP contribution in [0.3, 0.4) is 0 Å². The van der Waals surface area contributed by atoms with E-state index in [1.807, 2.05) is 41.8 Å². The van der Waals surface area contributed by atoms with Crippen molar-refractivity contribution in [3.8, 4) is 0 Å². The first kappa shape index (κ1) is 14.0. The van der Waals surface area contributed by atoms with Gasteiger partial charge in [0.05, 0.1) is 16.8 Å². The molecule has 2 heterocycles. The number of amides is 1. The molecule has 0 aliphatic carbocycles. The van der Waals surface area contributed by atoms with Crippen molar-refractivity contribution < 1.29 is 4.79 Å². The summed E-state index contributed by atoms with van der Waals surface area (Å²) in [7, 11) is 1.80.